The third-order valence-electron chi connectivity index (χ3n) is 3.48. The largest absolute Gasteiger partial charge is 0.497 e. The van der Waals surface area contributed by atoms with Gasteiger partial charge in [0.2, 0.25) is 0 Å². The predicted molar refractivity (Wildman–Crippen MR) is 91.2 cm³/mol. The van der Waals surface area contributed by atoms with Crippen molar-refractivity contribution in [3.8, 4) is 5.75 Å². The highest BCUT2D eigenvalue weighted by Gasteiger charge is 2.14. The van der Waals surface area contributed by atoms with Gasteiger partial charge in [-0.2, -0.15) is 0 Å². The molecular weight excluding hydrogens is 272 g/mol. The van der Waals surface area contributed by atoms with Gasteiger partial charge >= 0.3 is 0 Å². The zero-order valence-corrected chi connectivity index (χ0v) is 13.4. The SMILES string of the molecule is COc1ccc(C(=O)/C(=C/CC(C)C)c2ccccc2)cc1. The third kappa shape index (κ3) is 4.08. The molecule has 2 aromatic rings. The fraction of sp³-hybridized carbons (Fsp3) is 0.250. The molecule has 0 aliphatic heterocycles. The lowest BCUT2D eigenvalue weighted by atomic mass is 9.94. The average molecular weight is 294 g/mol. The molecule has 0 N–H and O–H groups in total. The minimum atomic E-state index is 0.0505. The maximum Gasteiger partial charge on any atom is 0.193 e. The molecule has 0 aromatic heterocycles. The lowest BCUT2D eigenvalue weighted by Gasteiger charge is -2.09. The first kappa shape index (κ1) is 16.0. The van der Waals surface area contributed by atoms with Gasteiger partial charge in [0.15, 0.2) is 5.78 Å². The Hall–Kier alpha value is -2.35. The Labute approximate surface area is 132 Å². The van der Waals surface area contributed by atoms with Crippen LogP contribution in [0.25, 0.3) is 5.57 Å². The van der Waals surface area contributed by atoms with E-state index in [2.05, 4.69) is 13.8 Å². The quantitative estimate of drug-likeness (QED) is 0.553. The number of hydrogen-bond acceptors (Lipinski definition) is 2. The summed E-state index contributed by atoms with van der Waals surface area (Å²) in [5.74, 6) is 1.32. The van der Waals surface area contributed by atoms with Crippen molar-refractivity contribution in [3.63, 3.8) is 0 Å². The summed E-state index contributed by atoms with van der Waals surface area (Å²) in [5, 5.41) is 0. The number of allylic oxidation sites excluding steroid dienone is 2. The number of hydrogen-bond donors (Lipinski definition) is 0. The Morgan fingerprint density at radius 1 is 1.00 bits per heavy atom. The molecule has 0 unspecified atom stereocenters. The first-order valence-corrected chi connectivity index (χ1v) is 7.56. The molecule has 0 spiro atoms. The van der Waals surface area contributed by atoms with Gasteiger partial charge in [0, 0.05) is 11.1 Å². The molecule has 0 saturated carbocycles. The Morgan fingerprint density at radius 3 is 2.18 bits per heavy atom. The number of rotatable bonds is 6. The van der Waals surface area contributed by atoms with Gasteiger partial charge in [-0.3, -0.25) is 4.79 Å². The highest BCUT2D eigenvalue weighted by molar-refractivity contribution is 6.28. The molecule has 0 bridgehead atoms. The normalized spacial score (nSPS) is 11.5. The maximum atomic E-state index is 12.8. The van der Waals surface area contributed by atoms with Crippen LogP contribution in [0.2, 0.25) is 0 Å². The van der Waals surface area contributed by atoms with Gasteiger partial charge in [-0.1, -0.05) is 50.3 Å². The molecule has 2 nitrogen and oxygen atoms in total. The van der Waals surface area contributed by atoms with Gasteiger partial charge in [-0.25, -0.2) is 0 Å². The molecule has 0 atom stereocenters. The summed E-state index contributed by atoms with van der Waals surface area (Å²) in [6.45, 7) is 4.30. The van der Waals surface area contributed by atoms with Crippen molar-refractivity contribution in [2.24, 2.45) is 5.92 Å². The molecule has 0 radical (unpaired) electrons. The zero-order chi connectivity index (χ0) is 15.9. The van der Waals surface area contributed by atoms with Crippen molar-refractivity contribution in [3.05, 3.63) is 71.8 Å². The van der Waals surface area contributed by atoms with E-state index in [0.29, 0.717) is 11.5 Å². The molecule has 2 rings (SSSR count). The van der Waals surface area contributed by atoms with Crippen molar-refractivity contribution < 1.29 is 9.53 Å². The molecule has 0 heterocycles. The van der Waals surface area contributed by atoms with E-state index in [1.54, 1.807) is 7.11 Å². The molecule has 0 aliphatic carbocycles. The van der Waals surface area contributed by atoms with Crippen LogP contribution in [0, 0.1) is 5.92 Å². The van der Waals surface area contributed by atoms with Gasteiger partial charge < -0.3 is 4.74 Å². The van der Waals surface area contributed by atoms with Gasteiger partial charge in [0.1, 0.15) is 5.75 Å². The van der Waals surface area contributed by atoms with E-state index in [0.717, 1.165) is 23.3 Å². The van der Waals surface area contributed by atoms with Gasteiger partial charge in [0.25, 0.3) is 0 Å². The topological polar surface area (TPSA) is 26.3 Å². The Balaban J connectivity index is 2.35. The molecule has 2 heteroatoms. The number of ether oxygens (including phenoxy) is 1. The fourth-order valence-corrected chi connectivity index (χ4v) is 2.21. The second-order valence-corrected chi connectivity index (χ2v) is 5.67. The maximum absolute atomic E-state index is 12.8. The summed E-state index contributed by atoms with van der Waals surface area (Å²) < 4.78 is 5.15. The van der Waals surface area contributed by atoms with Crippen LogP contribution < -0.4 is 4.74 Å². The van der Waals surface area contributed by atoms with Crippen molar-refractivity contribution >= 4 is 11.4 Å². The molecule has 0 saturated heterocycles. The zero-order valence-electron chi connectivity index (χ0n) is 13.4. The lowest BCUT2D eigenvalue weighted by Crippen LogP contribution is -2.03. The number of ketones is 1. The van der Waals surface area contributed by atoms with E-state index < -0.39 is 0 Å². The van der Waals surface area contributed by atoms with Crippen molar-refractivity contribution in [2.75, 3.05) is 7.11 Å². The Bertz CT molecular complexity index is 637. The fourth-order valence-electron chi connectivity index (χ4n) is 2.21. The summed E-state index contributed by atoms with van der Waals surface area (Å²) in [6.07, 6.45) is 2.93. The first-order valence-electron chi connectivity index (χ1n) is 7.56. The van der Waals surface area contributed by atoms with Crippen LogP contribution >= 0.6 is 0 Å². The van der Waals surface area contributed by atoms with E-state index in [4.69, 9.17) is 4.74 Å². The molecule has 0 amide bonds. The van der Waals surface area contributed by atoms with Gasteiger partial charge in [0.05, 0.1) is 7.11 Å². The van der Waals surface area contributed by atoms with E-state index in [9.17, 15) is 4.79 Å². The number of carbonyl (C=O) groups excluding carboxylic acids is 1. The van der Waals surface area contributed by atoms with Crippen molar-refractivity contribution in [1.82, 2.24) is 0 Å². The van der Waals surface area contributed by atoms with E-state index in [-0.39, 0.29) is 5.78 Å². The minimum Gasteiger partial charge on any atom is -0.497 e. The van der Waals surface area contributed by atoms with Crippen LogP contribution in [-0.2, 0) is 0 Å². The summed E-state index contributed by atoms with van der Waals surface area (Å²) in [4.78, 5) is 12.8. The molecule has 2 aromatic carbocycles. The van der Waals surface area contributed by atoms with Crippen LogP contribution in [0.15, 0.2) is 60.7 Å². The monoisotopic (exact) mass is 294 g/mol. The third-order valence-corrected chi connectivity index (χ3v) is 3.48. The number of benzene rings is 2. The van der Waals surface area contributed by atoms with Crippen LogP contribution in [0.3, 0.4) is 0 Å². The van der Waals surface area contributed by atoms with Crippen LogP contribution in [0.1, 0.15) is 36.2 Å². The summed E-state index contributed by atoms with van der Waals surface area (Å²) in [6, 6.07) is 17.1. The molecule has 22 heavy (non-hydrogen) atoms. The smallest absolute Gasteiger partial charge is 0.193 e. The second-order valence-electron chi connectivity index (χ2n) is 5.67. The molecule has 0 fully saturated rings. The number of Topliss-reactive ketones (excluding diaryl/α,β-unsaturated/α-hetero) is 1. The molecule has 0 aliphatic rings. The molecular formula is C20H22O2. The summed E-state index contributed by atoms with van der Waals surface area (Å²) in [7, 11) is 1.62. The summed E-state index contributed by atoms with van der Waals surface area (Å²) >= 11 is 0. The average Bonchev–Trinajstić information content (AvgIpc) is 2.55. The van der Waals surface area contributed by atoms with E-state index >= 15 is 0 Å². The second kappa shape index (κ2) is 7.60. The van der Waals surface area contributed by atoms with Crippen LogP contribution in [-0.4, -0.2) is 12.9 Å². The van der Waals surface area contributed by atoms with Crippen LogP contribution in [0.5, 0.6) is 5.75 Å². The number of methoxy groups -OCH3 is 1. The Morgan fingerprint density at radius 2 is 1.64 bits per heavy atom. The van der Waals surface area contributed by atoms with Gasteiger partial charge in [-0.15, -0.1) is 0 Å². The highest BCUT2D eigenvalue weighted by Crippen LogP contribution is 2.23. The summed E-state index contributed by atoms with van der Waals surface area (Å²) in [5.41, 5.74) is 2.41. The van der Waals surface area contributed by atoms with Crippen molar-refractivity contribution in [2.45, 2.75) is 20.3 Å². The predicted octanol–water partition coefficient (Wildman–Crippen LogP) is 5.01. The standard InChI is InChI=1S/C20H22O2/c1-15(2)9-14-19(16-7-5-4-6-8-16)20(21)17-10-12-18(22-3)13-11-17/h4-8,10-15H,9H2,1-3H3/b19-14+. The Kier molecular flexibility index (Phi) is 5.54. The first-order chi connectivity index (χ1) is 10.6. The van der Waals surface area contributed by atoms with Crippen molar-refractivity contribution in [1.29, 1.82) is 0 Å². The van der Waals surface area contributed by atoms with Gasteiger partial charge in [-0.05, 0) is 42.2 Å². The number of carbonyl (C=O) groups is 1. The van der Waals surface area contributed by atoms with E-state index in [1.807, 2.05) is 60.7 Å². The van der Waals surface area contributed by atoms with E-state index in [1.165, 1.54) is 0 Å². The molecule has 114 valence electrons. The lowest BCUT2D eigenvalue weighted by molar-refractivity contribution is 0.105. The minimum absolute atomic E-state index is 0.0505. The van der Waals surface area contributed by atoms with Crippen LogP contribution in [0.4, 0.5) is 0 Å². The highest BCUT2D eigenvalue weighted by atomic mass is 16.5.